The predicted octanol–water partition coefficient (Wildman–Crippen LogP) is 0.414. The molecule has 3 rings (SSSR count). The van der Waals surface area contributed by atoms with Crippen molar-refractivity contribution in [2.24, 2.45) is 17.1 Å². The Bertz CT molecular complexity index is 664. The van der Waals surface area contributed by atoms with Crippen molar-refractivity contribution in [1.29, 1.82) is 0 Å². The quantitative estimate of drug-likeness (QED) is 0.582. The molecule has 2 aliphatic carbocycles. The Kier molecular flexibility index (Phi) is 4.79. The molecule has 3 aliphatic rings. The lowest BCUT2D eigenvalue weighted by Gasteiger charge is -2.42. The van der Waals surface area contributed by atoms with Gasteiger partial charge < -0.3 is 21.1 Å². The van der Waals surface area contributed by atoms with Crippen molar-refractivity contribution < 1.29 is 32.3 Å². The zero-order chi connectivity index (χ0) is 20.2. The molecule has 27 heavy (non-hydrogen) atoms. The van der Waals surface area contributed by atoms with Crippen molar-refractivity contribution in [2.45, 2.75) is 69.5 Å². The summed E-state index contributed by atoms with van der Waals surface area (Å²) in [6.07, 6.45) is -3.37. The van der Waals surface area contributed by atoms with E-state index in [1.165, 1.54) is 6.92 Å². The van der Waals surface area contributed by atoms with Gasteiger partial charge in [0.05, 0.1) is 23.2 Å². The van der Waals surface area contributed by atoms with Crippen molar-refractivity contribution in [1.82, 2.24) is 10.6 Å². The van der Waals surface area contributed by atoms with Gasteiger partial charge in [-0.05, 0) is 52.0 Å². The summed E-state index contributed by atoms with van der Waals surface area (Å²) < 4.78 is 44.2. The number of primary amides is 1. The van der Waals surface area contributed by atoms with E-state index in [1.54, 1.807) is 5.32 Å². The number of rotatable bonds is 7. The second-order valence-corrected chi connectivity index (χ2v) is 8.12. The highest BCUT2D eigenvalue weighted by Gasteiger charge is 2.70. The molecule has 0 aromatic rings. The standard InChI is InChI=1S/C17H24F3N3O4/c1-8(27-15(2)4-3-5-15)10(23-14(26)17(18,19)20)12(24)16-6-9(16)7-22-11(16)13(21)25/h8-11,22H,3-7H2,1-2H3,(H2,21,25)(H,23,26)/t8-,9?,10+,11?,16?/m1/s1. The van der Waals surface area contributed by atoms with Crippen LogP contribution in [0.4, 0.5) is 13.2 Å². The van der Waals surface area contributed by atoms with Gasteiger partial charge in [0.25, 0.3) is 0 Å². The maximum Gasteiger partial charge on any atom is 0.471 e. The summed E-state index contributed by atoms with van der Waals surface area (Å²) in [6, 6.07) is -2.46. The molecule has 0 aromatic carbocycles. The van der Waals surface area contributed by atoms with E-state index in [9.17, 15) is 27.6 Å². The van der Waals surface area contributed by atoms with Crippen LogP contribution in [0.25, 0.3) is 0 Å². The summed E-state index contributed by atoms with van der Waals surface area (Å²) in [4.78, 5) is 36.5. The van der Waals surface area contributed by atoms with Gasteiger partial charge in [-0.3, -0.25) is 14.4 Å². The smallest absolute Gasteiger partial charge is 0.370 e. The zero-order valence-electron chi connectivity index (χ0n) is 15.2. The number of halogens is 3. The number of carbonyl (C=O) groups is 3. The summed E-state index contributed by atoms with van der Waals surface area (Å²) >= 11 is 0. The first-order chi connectivity index (χ1) is 12.4. The van der Waals surface area contributed by atoms with Crippen molar-refractivity contribution in [3.8, 4) is 0 Å². The minimum absolute atomic E-state index is 0.181. The Morgan fingerprint density at radius 1 is 1.30 bits per heavy atom. The van der Waals surface area contributed by atoms with Crippen molar-refractivity contribution in [2.75, 3.05) is 6.54 Å². The van der Waals surface area contributed by atoms with E-state index < -0.39 is 53.0 Å². The minimum Gasteiger partial charge on any atom is -0.370 e. The van der Waals surface area contributed by atoms with Crippen LogP contribution in [0.15, 0.2) is 0 Å². The van der Waals surface area contributed by atoms with Crippen LogP contribution in [0, 0.1) is 11.3 Å². The number of carbonyl (C=O) groups excluding carboxylic acids is 3. The maximum absolute atomic E-state index is 13.2. The van der Waals surface area contributed by atoms with Crippen LogP contribution in [0.1, 0.15) is 39.5 Å². The van der Waals surface area contributed by atoms with Crippen molar-refractivity contribution >= 4 is 17.6 Å². The monoisotopic (exact) mass is 391 g/mol. The lowest BCUT2D eigenvalue weighted by atomic mass is 9.81. The highest BCUT2D eigenvalue weighted by Crippen LogP contribution is 2.59. The number of nitrogens with one attached hydrogen (secondary N) is 2. The fourth-order valence-electron chi connectivity index (χ4n) is 4.42. The van der Waals surface area contributed by atoms with Gasteiger partial charge in [0.1, 0.15) is 6.04 Å². The molecular weight excluding hydrogens is 367 g/mol. The number of hydrogen-bond donors (Lipinski definition) is 3. The van der Waals surface area contributed by atoms with Gasteiger partial charge in [0, 0.05) is 0 Å². The van der Waals surface area contributed by atoms with Crippen LogP contribution >= 0.6 is 0 Å². The topological polar surface area (TPSA) is 111 Å². The SMILES string of the molecule is C[C@@H](OC1(C)CCC1)[C@H](NC(=O)C(F)(F)F)C(=O)C12CC1CNC2C(N)=O. The van der Waals surface area contributed by atoms with Gasteiger partial charge in [0.15, 0.2) is 5.78 Å². The van der Waals surface area contributed by atoms with Crippen LogP contribution < -0.4 is 16.4 Å². The third-order valence-electron chi connectivity index (χ3n) is 6.16. The second kappa shape index (κ2) is 6.44. The summed E-state index contributed by atoms with van der Waals surface area (Å²) in [6.45, 7) is 3.67. The maximum atomic E-state index is 13.2. The number of Topliss-reactive ketones (excluding diaryl/α,β-unsaturated/α-hetero) is 1. The molecule has 3 unspecified atom stereocenters. The lowest BCUT2D eigenvalue weighted by Crippen LogP contribution is -2.59. The van der Waals surface area contributed by atoms with Gasteiger partial charge in [-0.15, -0.1) is 0 Å². The Morgan fingerprint density at radius 2 is 1.93 bits per heavy atom. The number of piperidine rings is 1. The van der Waals surface area contributed by atoms with Crippen LogP contribution in [0.3, 0.4) is 0 Å². The Labute approximate surface area is 154 Å². The molecule has 1 aliphatic heterocycles. The summed E-state index contributed by atoms with van der Waals surface area (Å²) in [7, 11) is 0. The van der Waals surface area contributed by atoms with Gasteiger partial charge in [-0.1, -0.05) is 0 Å². The summed E-state index contributed by atoms with van der Waals surface area (Å²) in [5.41, 5.74) is 3.66. The molecule has 1 saturated heterocycles. The number of ether oxygens (including phenoxy) is 1. The number of alkyl halides is 3. The molecule has 3 fully saturated rings. The first-order valence-corrected chi connectivity index (χ1v) is 9.03. The number of amides is 2. The number of hydrogen-bond acceptors (Lipinski definition) is 5. The molecule has 152 valence electrons. The summed E-state index contributed by atoms with van der Waals surface area (Å²) in [5, 5.41) is 4.65. The lowest BCUT2D eigenvalue weighted by molar-refractivity contribution is -0.179. The molecule has 0 aromatic heterocycles. The van der Waals surface area contributed by atoms with E-state index in [4.69, 9.17) is 10.5 Å². The first kappa shape index (κ1) is 20.1. The number of ketones is 1. The van der Waals surface area contributed by atoms with Crippen LogP contribution in [0.2, 0.25) is 0 Å². The minimum atomic E-state index is -5.13. The molecule has 10 heteroatoms. The van der Waals surface area contributed by atoms with Gasteiger partial charge in [0.2, 0.25) is 5.91 Å². The van der Waals surface area contributed by atoms with Crippen molar-refractivity contribution in [3.63, 3.8) is 0 Å². The third-order valence-corrected chi connectivity index (χ3v) is 6.16. The molecule has 0 bridgehead atoms. The molecule has 0 spiro atoms. The van der Waals surface area contributed by atoms with E-state index in [-0.39, 0.29) is 5.92 Å². The molecule has 5 atom stereocenters. The molecule has 4 N–H and O–H groups in total. The Hall–Kier alpha value is -1.68. The van der Waals surface area contributed by atoms with E-state index in [0.717, 1.165) is 19.3 Å². The largest absolute Gasteiger partial charge is 0.471 e. The van der Waals surface area contributed by atoms with E-state index >= 15 is 0 Å². The van der Waals surface area contributed by atoms with Crippen LogP contribution in [-0.4, -0.2) is 54.1 Å². The van der Waals surface area contributed by atoms with Gasteiger partial charge >= 0.3 is 12.1 Å². The van der Waals surface area contributed by atoms with Crippen LogP contribution in [-0.2, 0) is 19.1 Å². The Balaban J connectivity index is 1.84. The fraction of sp³-hybridized carbons (Fsp3) is 0.824. The van der Waals surface area contributed by atoms with E-state index in [1.807, 2.05) is 6.92 Å². The molecule has 2 saturated carbocycles. The first-order valence-electron chi connectivity index (χ1n) is 9.03. The molecule has 2 amide bonds. The average molecular weight is 391 g/mol. The predicted molar refractivity (Wildman–Crippen MR) is 87.3 cm³/mol. The van der Waals surface area contributed by atoms with Crippen LogP contribution in [0.5, 0.6) is 0 Å². The molecule has 0 radical (unpaired) electrons. The normalized spacial score (nSPS) is 33.4. The zero-order valence-corrected chi connectivity index (χ0v) is 15.2. The van der Waals surface area contributed by atoms with E-state index in [0.29, 0.717) is 13.0 Å². The summed E-state index contributed by atoms with van der Waals surface area (Å²) in [5.74, 6) is -3.75. The second-order valence-electron chi connectivity index (χ2n) is 8.12. The van der Waals surface area contributed by atoms with E-state index in [2.05, 4.69) is 5.32 Å². The number of fused-ring (bicyclic) bond motifs is 1. The number of nitrogens with two attached hydrogens (primary N) is 1. The highest BCUT2D eigenvalue weighted by atomic mass is 19.4. The highest BCUT2D eigenvalue weighted by molar-refractivity contribution is 6.02. The Morgan fingerprint density at radius 3 is 2.37 bits per heavy atom. The van der Waals surface area contributed by atoms with Crippen molar-refractivity contribution in [3.05, 3.63) is 0 Å². The molecular formula is C17H24F3N3O4. The fourth-order valence-corrected chi connectivity index (χ4v) is 4.42. The average Bonchev–Trinajstić information content (AvgIpc) is 3.14. The van der Waals surface area contributed by atoms with Gasteiger partial charge in [-0.25, -0.2) is 0 Å². The molecule has 1 heterocycles. The molecule has 7 nitrogen and oxygen atoms in total. The third kappa shape index (κ3) is 3.44. The van der Waals surface area contributed by atoms with Gasteiger partial charge in [-0.2, -0.15) is 13.2 Å².